The van der Waals surface area contributed by atoms with Crippen LogP contribution in [0.2, 0.25) is 13.6 Å². The second kappa shape index (κ2) is 35.1. The molecule has 0 fully saturated rings. The molecule has 0 aromatic heterocycles. The molecule has 0 amide bonds. The summed E-state index contributed by atoms with van der Waals surface area (Å²) in [6.07, 6.45) is 0. The van der Waals surface area contributed by atoms with Gasteiger partial charge in [0.25, 0.3) is 0 Å². The summed E-state index contributed by atoms with van der Waals surface area (Å²) in [5, 5.41) is 7.00. The molecular weight excluding hydrogens is 62.8 g/mol. The minimum absolute atomic E-state index is 1.00. The lowest BCUT2D eigenvalue weighted by Crippen LogP contribution is -1.53. The third kappa shape index (κ3) is 26500. The predicted octanol–water partition coefficient (Wildman–Crippen LogP) is 0.128. The Hall–Kier alpha value is 0.0249. The SMILES string of the molecule is CBC.CO. The third-order valence-corrected chi connectivity index (χ3v) is 0. The van der Waals surface area contributed by atoms with Crippen LogP contribution in [0, 0.1) is 0 Å². The molecule has 0 saturated carbocycles. The van der Waals surface area contributed by atoms with E-state index in [0.717, 1.165) is 7.11 Å². The Morgan fingerprint density at radius 2 is 1.20 bits per heavy atom. The van der Waals surface area contributed by atoms with Gasteiger partial charge in [0.05, 0.1) is 0 Å². The Kier molecular flexibility index (Phi) is 62.4. The van der Waals surface area contributed by atoms with E-state index < -0.39 is 0 Å². The molecule has 0 aliphatic carbocycles. The fourth-order valence-electron chi connectivity index (χ4n) is 0. The van der Waals surface area contributed by atoms with Crippen LogP contribution in [-0.2, 0) is 0 Å². The highest BCUT2D eigenvalue weighted by atomic mass is 16.2. The fraction of sp³-hybridized carbons (Fsp3) is 1.00. The monoisotopic (exact) mass is 74.1 g/mol. The Morgan fingerprint density at radius 3 is 1.20 bits per heavy atom. The van der Waals surface area contributed by atoms with Crippen molar-refractivity contribution < 1.29 is 5.11 Å². The molecule has 0 aliphatic heterocycles. The first kappa shape index (κ1) is 8.90. The summed E-state index contributed by atoms with van der Waals surface area (Å²) < 4.78 is 0. The smallest absolute Gasteiger partial charge is 0.114 e. The normalized spacial score (nSPS) is 4.00. The van der Waals surface area contributed by atoms with Crippen molar-refractivity contribution in [2.45, 2.75) is 13.6 Å². The fourth-order valence-corrected chi connectivity index (χ4v) is 0. The minimum atomic E-state index is 1.00. The molecule has 1 nitrogen and oxygen atoms in total. The van der Waals surface area contributed by atoms with E-state index in [2.05, 4.69) is 13.6 Å². The van der Waals surface area contributed by atoms with Crippen molar-refractivity contribution in [3.05, 3.63) is 0 Å². The summed E-state index contributed by atoms with van der Waals surface area (Å²) in [6.45, 7) is 4.25. The summed E-state index contributed by atoms with van der Waals surface area (Å²) in [7, 11) is 2.25. The zero-order valence-electron chi connectivity index (χ0n) is 4.15. The van der Waals surface area contributed by atoms with Gasteiger partial charge >= 0.3 is 0 Å². The highest BCUT2D eigenvalue weighted by molar-refractivity contribution is 6.31. The second-order valence-corrected chi connectivity index (χ2v) is 0.707. The minimum Gasteiger partial charge on any atom is -0.400 e. The van der Waals surface area contributed by atoms with Crippen molar-refractivity contribution in [2.24, 2.45) is 0 Å². The Morgan fingerprint density at radius 1 is 1.20 bits per heavy atom. The maximum Gasteiger partial charge on any atom is 0.114 e. The molecule has 0 radical (unpaired) electrons. The lowest BCUT2D eigenvalue weighted by molar-refractivity contribution is 0.399. The molecule has 0 rings (SSSR count). The molecular formula is C3H11BO. The molecule has 2 heteroatoms. The summed E-state index contributed by atoms with van der Waals surface area (Å²) in [5.41, 5.74) is 0. The maximum absolute atomic E-state index is 7.00. The van der Waals surface area contributed by atoms with Gasteiger partial charge in [-0.2, -0.15) is 0 Å². The Labute approximate surface area is 34.3 Å². The zero-order chi connectivity index (χ0) is 4.71. The van der Waals surface area contributed by atoms with Crippen molar-refractivity contribution in [1.82, 2.24) is 0 Å². The number of rotatable bonds is 0. The molecule has 0 unspecified atom stereocenters. The van der Waals surface area contributed by atoms with Crippen LogP contribution in [0.25, 0.3) is 0 Å². The van der Waals surface area contributed by atoms with Gasteiger partial charge in [-0.05, 0) is 0 Å². The van der Waals surface area contributed by atoms with Crippen LogP contribution in [0.4, 0.5) is 0 Å². The first-order chi connectivity index (χ1) is 2.41. The number of aliphatic hydroxyl groups is 1. The number of hydrogen-bond donors (Lipinski definition) is 1. The van der Waals surface area contributed by atoms with Crippen molar-refractivity contribution >= 4 is 7.28 Å². The quantitative estimate of drug-likeness (QED) is 0.405. The third-order valence-electron chi connectivity index (χ3n) is 0. The Bertz CT molecular complexity index is 6.85. The van der Waals surface area contributed by atoms with E-state index in [9.17, 15) is 0 Å². The number of hydrogen-bond acceptors (Lipinski definition) is 1. The number of aliphatic hydroxyl groups excluding tert-OH is 1. The molecule has 1 N–H and O–H groups in total. The zero-order valence-corrected chi connectivity index (χ0v) is 4.15. The topological polar surface area (TPSA) is 20.2 Å². The van der Waals surface area contributed by atoms with Gasteiger partial charge in [-0.15, -0.1) is 0 Å². The van der Waals surface area contributed by atoms with Crippen molar-refractivity contribution in [1.29, 1.82) is 0 Å². The molecule has 5 heavy (non-hydrogen) atoms. The van der Waals surface area contributed by atoms with E-state index in [1.165, 1.54) is 7.28 Å². The van der Waals surface area contributed by atoms with E-state index in [1.54, 1.807) is 0 Å². The summed E-state index contributed by atoms with van der Waals surface area (Å²) in [6, 6.07) is 0. The van der Waals surface area contributed by atoms with Crippen LogP contribution in [-0.4, -0.2) is 19.5 Å². The summed E-state index contributed by atoms with van der Waals surface area (Å²) in [4.78, 5) is 0. The van der Waals surface area contributed by atoms with Gasteiger partial charge < -0.3 is 5.11 Å². The van der Waals surface area contributed by atoms with E-state index in [0.29, 0.717) is 0 Å². The first-order valence-corrected chi connectivity index (χ1v) is 1.86. The molecule has 0 spiro atoms. The van der Waals surface area contributed by atoms with Gasteiger partial charge in [-0.1, -0.05) is 13.6 Å². The van der Waals surface area contributed by atoms with Gasteiger partial charge in [-0.3, -0.25) is 0 Å². The predicted molar refractivity (Wildman–Crippen MR) is 27.0 cm³/mol. The molecule has 0 bridgehead atoms. The maximum atomic E-state index is 7.00. The highest BCUT2D eigenvalue weighted by Crippen LogP contribution is 1.36. The van der Waals surface area contributed by atoms with Gasteiger partial charge in [0.1, 0.15) is 7.28 Å². The summed E-state index contributed by atoms with van der Waals surface area (Å²) >= 11 is 0. The van der Waals surface area contributed by atoms with Crippen LogP contribution in [0.1, 0.15) is 0 Å². The van der Waals surface area contributed by atoms with Gasteiger partial charge in [0.2, 0.25) is 0 Å². The molecule has 0 aromatic rings. The van der Waals surface area contributed by atoms with Crippen LogP contribution >= 0.6 is 0 Å². The largest absolute Gasteiger partial charge is 0.400 e. The van der Waals surface area contributed by atoms with Crippen molar-refractivity contribution in [3.8, 4) is 0 Å². The molecule has 0 aliphatic rings. The Balaban J connectivity index is 0. The van der Waals surface area contributed by atoms with Crippen LogP contribution in [0.15, 0.2) is 0 Å². The lowest BCUT2D eigenvalue weighted by atomic mass is 9.88. The summed E-state index contributed by atoms with van der Waals surface area (Å²) in [5.74, 6) is 0. The van der Waals surface area contributed by atoms with E-state index >= 15 is 0 Å². The van der Waals surface area contributed by atoms with Gasteiger partial charge in [-0.25, -0.2) is 0 Å². The molecule has 0 atom stereocenters. The van der Waals surface area contributed by atoms with Crippen molar-refractivity contribution in [2.75, 3.05) is 7.11 Å². The molecule has 0 heterocycles. The average molecular weight is 73.9 g/mol. The van der Waals surface area contributed by atoms with E-state index in [-0.39, 0.29) is 0 Å². The second-order valence-electron chi connectivity index (χ2n) is 0.707. The molecule has 32 valence electrons. The van der Waals surface area contributed by atoms with Crippen molar-refractivity contribution in [3.63, 3.8) is 0 Å². The van der Waals surface area contributed by atoms with Crippen LogP contribution in [0.5, 0.6) is 0 Å². The van der Waals surface area contributed by atoms with Crippen LogP contribution < -0.4 is 0 Å². The van der Waals surface area contributed by atoms with Gasteiger partial charge in [0, 0.05) is 7.11 Å². The standard InChI is InChI=1S/C2H7B.CH4O/c1-3-2;1-2/h3H,1-2H3;2H,1H3. The highest BCUT2D eigenvalue weighted by Gasteiger charge is 1.43. The van der Waals surface area contributed by atoms with E-state index in [4.69, 9.17) is 5.11 Å². The van der Waals surface area contributed by atoms with Crippen LogP contribution in [0.3, 0.4) is 0 Å². The van der Waals surface area contributed by atoms with Gasteiger partial charge in [0.15, 0.2) is 0 Å². The average Bonchev–Trinajstić information content (AvgIpc) is 1.46. The lowest BCUT2D eigenvalue weighted by Gasteiger charge is -1.41. The van der Waals surface area contributed by atoms with E-state index in [1.807, 2.05) is 0 Å². The molecule has 0 aromatic carbocycles. The first-order valence-electron chi connectivity index (χ1n) is 1.86. The molecule has 0 saturated heterocycles.